The van der Waals surface area contributed by atoms with Crippen LogP contribution in [-0.4, -0.2) is 34.9 Å². The van der Waals surface area contributed by atoms with Crippen molar-refractivity contribution in [3.05, 3.63) is 42.5 Å². The smallest absolute Gasteiger partial charge is 0.248 e. The van der Waals surface area contributed by atoms with Crippen molar-refractivity contribution in [3.63, 3.8) is 0 Å². The van der Waals surface area contributed by atoms with Crippen LogP contribution in [0, 0.1) is 5.82 Å². The standard InChI is InChI=1S/C17H21FN4O2/c1-12(22-8-3-7-20-22)17(23)21-13-5-6-16(15(18)10-13)19-11-14-4-2-9-24-14/h3,5-8,10,12,14,19H,2,4,9,11H2,1H3,(H,21,23)/t12-,14-/m0/s1. The maximum Gasteiger partial charge on any atom is 0.248 e. The first kappa shape index (κ1) is 16.4. The maximum absolute atomic E-state index is 14.2. The number of anilines is 2. The van der Waals surface area contributed by atoms with Crippen LogP contribution in [0.15, 0.2) is 36.7 Å². The molecule has 1 fully saturated rings. The van der Waals surface area contributed by atoms with E-state index in [-0.39, 0.29) is 12.0 Å². The van der Waals surface area contributed by atoms with Gasteiger partial charge < -0.3 is 15.4 Å². The van der Waals surface area contributed by atoms with Crippen molar-refractivity contribution in [2.24, 2.45) is 0 Å². The van der Waals surface area contributed by atoms with E-state index in [0.29, 0.717) is 17.9 Å². The molecule has 0 unspecified atom stereocenters. The third-order valence-corrected chi connectivity index (χ3v) is 4.08. The van der Waals surface area contributed by atoms with Gasteiger partial charge in [0.05, 0.1) is 11.8 Å². The number of hydrogen-bond acceptors (Lipinski definition) is 4. The first-order valence-electron chi connectivity index (χ1n) is 8.08. The molecule has 1 saturated heterocycles. The minimum atomic E-state index is -0.472. The molecule has 0 radical (unpaired) electrons. The Morgan fingerprint density at radius 1 is 1.54 bits per heavy atom. The fourth-order valence-electron chi connectivity index (χ4n) is 2.64. The van der Waals surface area contributed by atoms with Crippen molar-refractivity contribution in [1.82, 2.24) is 9.78 Å². The highest BCUT2D eigenvalue weighted by molar-refractivity contribution is 5.93. The highest BCUT2D eigenvalue weighted by Gasteiger charge is 2.17. The number of benzene rings is 1. The zero-order valence-electron chi connectivity index (χ0n) is 13.5. The number of carbonyl (C=O) groups is 1. The molecule has 0 saturated carbocycles. The molecule has 128 valence electrons. The summed E-state index contributed by atoms with van der Waals surface area (Å²) in [5, 5.41) is 9.79. The Morgan fingerprint density at radius 3 is 3.08 bits per heavy atom. The second-order valence-corrected chi connectivity index (χ2v) is 5.86. The summed E-state index contributed by atoms with van der Waals surface area (Å²) < 4.78 is 21.2. The van der Waals surface area contributed by atoms with E-state index in [0.717, 1.165) is 19.4 Å². The lowest BCUT2D eigenvalue weighted by molar-refractivity contribution is -0.119. The molecule has 0 bridgehead atoms. The lowest BCUT2D eigenvalue weighted by Crippen LogP contribution is -2.24. The molecule has 0 aliphatic carbocycles. The van der Waals surface area contributed by atoms with Crippen molar-refractivity contribution in [1.29, 1.82) is 0 Å². The number of hydrogen-bond donors (Lipinski definition) is 2. The van der Waals surface area contributed by atoms with Crippen LogP contribution in [0.25, 0.3) is 0 Å². The van der Waals surface area contributed by atoms with Crippen LogP contribution in [0.1, 0.15) is 25.8 Å². The van der Waals surface area contributed by atoms with E-state index in [2.05, 4.69) is 15.7 Å². The maximum atomic E-state index is 14.2. The zero-order valence-corrected chi connectivity index (χ0v) is 13.5. The summed E-state index contributed by atoms with van der Waals surface area (Å²) in [6.45, 7) is 3.09. The number of rotatable bonds is 6. The molecule has 1 amide bonds. The Kier molecular flexibility index (Phi) is 5.10. The Hall–Kier alpha value is -2.41. The average Bonchev–Trinajstić information content (AvgIpc) is 3.27. The molecule has 2 atom stereocenters. The minimum Gasteiger partial charge on any atom is -0.380 e. The summed E-state index contributed by atoms with van der Waals surface area (Å²) in [5.41, 5.74) is 0.822. The molecular formula is C17H21FN4O2. The van der Waals surface area contributed by atoms with Gasteiger partial charge in [-0.05, 0) is 44.0 Å². The van der Waals surface area contributed by atoms with Crippen LogP contribution >= 0.6 is 0 Å². The van der Waals surface area contributed by atoms with Crippen LogP contribution in [0.2, 0.25) is 0 Å². The van der Waals surface area contributed by atoms with Gasteiger partial charge in [0.1, 0.15) is 11.9 Å². The highest BCUT2D eigenvalue weighted by atomic mass is 19.1. The largest absolute Gasteiger partial charge is 0.380 e. The van der Waals surface area contributed by atoms with Crippen molar-refractivity contribution >= 4 is 17.3 Å². The monoisotopic (exact) mass is 332 g/mol. The SMILES string of the molecule is C[C@@H](C(=O)Nc1ccc(NC[C@@H]2CCCO2)c(F)c1)n1cccn1. The number of halogens is 1. The first-order chi connectivity index (χ1) is 11.6. The summed E-state index contributed by atoms with van der Waals surface area (Å²) >= 11 is 0. The molecule has 3 rings (SSSR count). The molecule has 0 spiro atoms. The molecule has 1 aliphatic heterocycles. The second kappa shape index (κ2) is 7.44. The van der Waals surface area contributed by atoms with E-state index >= 15 is 0 Å². The Morgan fingerprint density at radius 2 is 2.42 bits per heavy atom. The Labute approximate surface area is 140 Å². The van der Waals surface area contributed by atoms with Gasteiger partial charge in [0.15, 0.2) is 0 Å². The minimum absolute atomic E-state index is 0.138. The topological polar surface area (TPSA) is 68.2 Å². The van der Waals surface area contributed by atoms with Crippen LogP contribution in [0.5, 0.6) is 0 Å². The summed E-state index contributed by atoms with van der Waals surface area (Å²) in [7, 11) is 0. The molecule has 2 N–H and O–H groups in total. The Bertz CT molecular complexity index is 684. The second-order valence-electron chi connectivity index (χ2n) is 5.86. The van der Waals surface area contributed by atoms with Gasteiger partial charge in [-0.2, -0.15) is 5.10 Å². The quantitative estimate of drug-likeness (QED) is 0.853. The molecule has 2 aromatic rings. The van der Waals surface area contributed by atoms with E-state index in [4.69, 9.17) is 4.74 Å². The normalized spacial score (nSPS) is 18.3. The number of ether oxygens (including phenoxy) is 1. The molecule has 24 heavy (non-hydrogen) atoms. The summed E-state index contributed by atoms with van der Waals surface area (Å²) in [5.74, 6) is -0.657. The van der Waals surface area contributed by atoms with Crippen LogP contribution in [0.3, 0.4) is 0 Å². The zero-order chi connectivity index (χ0) is 16.9. The highest BCUT2D eigenvalue weighted by Crippen LogP contribution is 2.21. The van der Waals surface area contributed by atoms with Crippen molar-refractivity contribution in [2.45, 2.75) is 31.9 Å². The van der Waals surface area contributed by atoms with Gasteiger partial charge in [-0.3, -0.25) is 9.48 Å². The van der Waals surface area contributed by atoms with Gasteiger partial charge in [-0.15, -0.1) is 0 Å². The van der Waals surface area contributed by atoms with Crippen LogP contribution in [0.4, 0.5) is 15.8 Å². The van der Waals surface area contributed by atoms with Crippen molar-refractivity contribution in [2.75, 3.05) is 23.8 Å². The van der Waals surface area contributed by atoms with E-state index in [1.54, 1.807) is 42.2 Å². The number of aromatic nitrogens is 2. The fourth-order valence-corrected chi connectivity index (χ4v) is 2.64. The molecule has 1 aromatic heterocycles. The van der Waals surface area contributed by atoms with Gasteiger partial charge in [0.25, 0.3) is 0 Å². The number of amides is 1. The average molecular weight is 332 g/mol. The predicted octanol–water partition coefficient (Wildman–Crippen LogP) is 2.81. The van der Waals surface area contributed by atoms with Crippen molar-refractivity contribution in [3.8, 4) is 0 Å². The van der Waals surface area contributed by atoms with Gasteiger partial charge in [-0.25, -0.2) is 4.39 Å². The predicted molar refractivity (Wildman–Crippen MR) is 89.4 cm³/mol. The number of nitrogens with zero attached hydrogens (tertiary/aromatic N) is 2. The number of nitrogens with one attached hydrogen (secondary N) is 2. The van der Waals surface area contributed by atoms with Gasteiger partial charge in [0.2, 0.25) is 5.91 Å². The van der Waals surface area contributed by atoms with Gasteiger partial charge >= 0.3 is 0 Å². The Balaban J connectivity index is 1.58. The van der Waals surface area contributed by atoms with E-state index < -0.39 is 11.9 Å². The first-order valence-corrected chi connectivity index (χ1v) is 8.08. The lowest BCUT2D eigenvalue weighted by atomic mass is 10.2. The molecule has 1 aliphatic rings. The van der Waals surface area contributed by atoms with Gasteiger partial charge in [-0.1, -0.05) is 0 Å². The van der Waals surface area contributed by atoms with E-state index in [1.807, 2.05) is 0 Å². The van der Waals surface area contributed by atoms with Crippen LogP contribution < -0.4 is 10.6 Å². The fraction of sp³-hybridized carbons (Fsp3) is 0.412. The molecule has 1 aromatic carbocycles. The molecule has 6 nitrogen and oxygen atoms in total. The lowest BCUT2D eigenvalue weighted by Gasteiger charge is -2.15. The third-order valence-electron chi connectivity index (χ3n) is 4.08. The molecule has 7 heteroatoms. The molecule has 2 heterocycles. The molecular weight excluding hydrogens is 311 g/mol. The van der Waals surface area contributed by atoms with E-state index in [1.165, 1.54) is 6.07 Å². The summed E-state index contributed by atoms with van der Waals surface area (Å²) in [6, 6.07) is 5.89. The van der Waals surface area contributed by atoms with Gasteiger partial charge in [0, 0.05) is 31.2 Å². The van der Waals surface area contributed by atoms with Crippen LogP contribution in [-0.2, 0) is 9.53 Å². The summed E-state index contributed by atoms with van der Waals surface area (Å²) in [4.78, 5) is 12.2. The van der Waals surface area contributed by atoms with E-state index in [9.17, 15) is 9.18 Å². The van der Waals surface area contributed by atoms with Crippen molar-refractivity contribution < 1.29 is 13.9 Å². The number of carbonyl (C=O) groups excluding carboxylic acids is 1. The third kappa shape index (κ3) is 3.91. The summed E-state index contributed by atoms with van der Waals surface area (Å²) in [6.07, 6.45) is 5.50.